The Labute approximate surface area is 77.5 Å². The van der Waals surface area contributed by atoms with Crippen molar-refractivity contribution in [1.29, 1.82) is 0 Å². The Hall–Kier alpha value is -1.75. The first-order valence-corrected chi connectivity index (χ1v) is 3.84. The van der Waals surface area contributed by atoms with Crippen LogP contribution in [-0.2, 0) is 0 Å². The molecule has 0 heterocycles. The maximum absolute atomic E-state index is 11.1. The molecule has 0 bridgehead atoms. The molecular weight excluding hydrogens is 164 g/mol. The van der Waals surface area contributed by atoms with E-state index in [9.17, 15) is 4.79 Å². The van der Waals surface area contributed by atoms with Crippen LogP contribution in [0.3, 0.4) is 0 Å². The molecule has 2 heteroatoms. The summed E-state index contributed by atoms with van der Waals surface area (Å²) >= 11 is 0. The second-order valence-corrected chi connectivity index (χ2v) is 2.66. The Morgan fingerprint density at radius 3 is 2.69 bits per heavy atom. The first-order chi connectivity index (χ1) is 6.19. The average Bonchev–Trinajstić information content (AvgIpc) is 2.16. The highest BCUT2D eigenvalue weighted by Gasteiger charge is 2.04. The van der Waals surface area contributed by atoms with E-state index in [-0.39, 0.29) is 5.78 Å². The van der Waals surface area contributed by atoms with E-state index in [0.717, 1.165) is 11.3 Å². The fourth-order valence-electron chi connectivity index (χ4n) is 1.10. The lowest BCUT2D eigenvalue weighted by Gasteiger charge is -2.04. The van der Waals surface area contributed by atoms with E-state index >= 15 is 0 Å². The van der Waals surface area contributed by atoms with Gasteiger partial charge in [-0.05, 0) is 36.6 Å². The van der Waals surface area contributed by atoms with E-state index in [1.165, 1.54) is 0 Å². The average molecular weight is 174 g/mol. The molecule has 66 valence electrons. The Kier molecular flexibility index (Phi) is 2.71. The third-order valence-electron chi connectivity index (χ3n) is 1.79. The molecule has 0 saturated heterocycles. The molecule has 0 aliphatic carbocycles. The quantitative estimate of drug-likeness (QED) is 0.388. The molecule has 13 heavy (non-hydrogen) atoms. The van der Waals surface area contributed by atoms with Crippen molar-refractivity contribution in [3.63, 3.8) is 0 Å². The van der Waals surface area contributed by atoms with Crippen LogP contribution in [-0.4, -0.2) is 12.9 Å². The Morgan fingerprint density at radius 1 is 1.54 bits per heavy atom. The molecule has 1 aromatic rings. The van der Waals surface area contributed by atoms with Gasteiger partial charge in [0.15, 0.2) is 0 Å². The van der Waals surface area contributed by atoms with Crippen molar-refractivity contribution in [3.8, 4) is 18.1 Å². The maximum Gasteiger partial charge on any atom is 0.235 e. The largest absolute Gasteiger partial charge is 0.496 e. The molecule has 0 amide bonds. The van der Waals surface area contributed by atoms with Crippen LogP contribution in [0, 0.1) is 19.3 Å². The summed E-state index contributed by atoms with van der Waals surface area (Å²) in [5.41, 5.74) is 1.43. The smallest absolute Gasteiger partial charge is 0.235 e. The van der Waals surface area contributed by atoms with Gasteiger partial charge < -0.3 is 4.74 Å². The molecule has 0 N–H and O–H groups in total. The summed E-state index contributed by atoms with van der Waals surface area (Å²) in [5, 5.41) is 0. The molecular formula is C11H10O2. The van der Waals surface area contributed by atoms with Crippen LogP contribution in [0.1, 0.15) is 15.9 Å². The topological polar surface area (TPSA) is 26.3 Å². The van der Waals surface area contributed by atoms with Gasteiger partial charge in [-0.2, -0.15) is 0 Å². The third-order valence-corrected chi connectivity index (χ3v) is 1.79. The summed E-state index contributed by atoms with van der Waals surface area (Å²) in [7, 11) is 1.59. The third kappa shape index (κ3) is 1.88. The van der Waals surface area contributed by atoms with Gasteiger partial charge in [0, 0.05) is 5.56 Å². The van der Waals surface area contributed by atoms with Gasteiger partial charge in [0.25, 0.3) is 0 Å². The highest BCUT2D eigenvalue weighted by atomic mass is 16.5. The minimum atomic E-state index is -0.300. The molecule has 0 spiro atoms. The van der Waals surface area contributed by atoms with Crippen molar-refractivity contribution in [2.75, 3.05) is 7.11 Å². The van der Waals surface area contributed by atoms with Crippen LogP contribution in [0.2, 0.25) is 0 Å². The van der Waals surface area contributed by atoms with Crippen molar-refractivity contribution >= 4 is 5.78 Å². The number of rotatable bonds is 2. The second kappa shape index (κ2) is 3.77. The van der Waals surface area contributed by atoms with Gasteiger partial charge in [-0.1, -0.05) is 0 Å². The minimum absolute atomic E-state index is 0.300. The monoisotopic (exact) mass is 174 g/mol. The second-order valence-electron chi connectivity index (χ2n) is 2.66. The standard InChI is InChI=1S/C11H10O2/c1-4-10(12)9-5-6-11(13-3)8(2)7-9/h1,5-7H,2-3H3. The lowest BCUT2D eigenvalue weighted by atomic mass is 10.1. The summed E-state index contributed by atoms with van der Waals surface area (Å²) in [6, 6.07) is 5.12. The van der Waals surface area contributed by atoms with Gasteiger partial charge >= 0.3 is 0 Å². The number of carbonyl (C=O) groups is 1. The Morgan fingerprint density at radius 2 is 2.23 bits per heavy atom. The summed E-state index contributed by atoms with van der Waals surface area (Å²) in [6.45, 7) is 1.87. The predicted molar refractivity (Wildman–Crippen MR) is 50.9 cm³/mol. The zero-order valence-corrected chi connectivity index (χ0v) is 7.63. The van der Waals surface area contributed by atoms with E-state index in [1.807, 2.05) is 6.92 Å². The normalized spacial score (nSPS) is 9.00. The maximum atomic E-state index is 11.1. The van der Waals surface area contributed by atoms with Crippen LogP contribution in [0.5, 0.6) is 5.75 Å². The summed E-state index contributed by atoms with van der Waals surface area (Å²) in [5.74, 6) is 2.52. The minimum Gasteiger partial charge on any atom is -0.496 e. The lowest BCUT2D eigenvalue weighted by molar-refractivity contribution is 0.105. The molecule has 0 aliphatic heterocycles. The van der Waals surface area contributed by atoms with Crippen molar-refractivity contribution in [3.05, 3.63) is 29.3 Å². The number of hydrogen-bond acceptors (Lipinski definition) is 2. The first-order valence-electron chi connectivity index (χ1n) is 3.84. The molecule has 0 aliphatic rings. The fourth-order valence-corrected chi connectivity index (χ4v) is 1.10. The zero-order valence-electron chi connectivity index (χ0n) is 7.63. The summed E-state index contributed by atoms with van der Waals surface area (Å²) in [4.78, 5) is 11.1. The van der Waals surface area contributed by atoms with Crippen molar-refractivity contribution in [2.24, 2.45) is 0 Å². The number of methoxy groups -OCH3 is 1. The van der Waals surface area contributed by atoms with Gasteiger partial charge in [-0.3, -0.25) is 4.79 Å². The van der Waals surface area contributed by atoms with Crippen molar-refractivity contribution in [1.82, 2.24) is 0 Å². The molecule has 0 saturated carbocycles. The van der Waals surface area contributed by atoms with Gasteiger partial charge in [0.1, 0.15) is 5.75 Å². The van der Waals surface area contributed by atoms with Crippen LogP contribution < -0.4 is 4.74 Å². The SMILES string of the molecule is C#CC(=O)c1ccc(OC)c(C)c1. The van der Waals surface area contributed by atoms with E-state index in [4.69, 9.17) is 11.2 Å². The van der Waals surface area contributed by atoms with Crippen LogP contribution in [0.4, 0.5) is 0 Å². The number of aryl methyl sites for hydroxylation is 1. The first kappa shape index (κ1) is 9.34. The Balaban J connectivity index is 3.11. The molecule has 0 fully saturated rings. The van der Waals surface area contributed by atoms with E-state index < -0.39 is 0 Å². The molecule has 0 radical (unpaired) electrons. The lowest BCUT2D eigenvalue weighted by Crippen LogP contribution is -1.96. The predicted octanol–water partition coefficient (Wildman–Crippen LogP) is 1.82. The molecule has 0 atom stereocenters. The van der Waals surface area contributed by atoms with Crippen molar-refractivity contribution in [2.45, 2.75) is 6.92 Å². The van der Waals surface area contributed by atoms with Crippen LogP contribution >= 0.6 is 0 Å². The highest BCUT2D eigenvalue weighted by molar-refractivity contribution is 6.08. The number of benzene rings is 1. The van der Waals surface area contributed by atoms with Crippen molar-refractivity contribution < 1.29 is 9.53 Å². The number of ether oxygens (including phenoxy) is 1. The molecule has 2 nitrogen and oxygen atoms in total. The number of ketones is 1. The van der Waals surface area contributed by atoms with E-state index in [2.05, 4.69) is 5.92 Å². The van der Waals surface area contributed by atoms with Gasteiger partial charge in [-0.15, -0.1) is 6.42 Å². The van der Waals surface area contributed by atoms with Crippen LogP contribution in [0.25, 0.3) is 0 Å². The molecule has 1 rings (SSSR count). The van der Waals surface area contributed by atoms with E-state index in [0.29, 0.717) is 5.56 Å². The van der Waals surface area contributed by atoms with Gasteiger partial charge in [-0.25, -0.2) is 0 Å². The number of terminal acetylenes is 1. The zero-order chi connectivity index (χ0) is 9.84. The van der Waals surface area contributed by atoms with Gasteiger partial charge in [0.05, 0.1) is 7.11 Å². The fraction of sp³-hybridized carbons (Fsp3) is 0.182. The molecule has 0 aromatic heterocycles. The summed E-state index contributed by atoms with van der Waals surface area (Å²) in [6.07, 6.45) is 4.99. The number of hydrogen-bond donors (Lipinski definition) is 0. The van der Waals surface area contributed by atoms with E-state index in [1.54, 1.807) is 25.3 Å². The Bertz CT molecular complexity index is 372. The van der Waals surface area contributed by atoms with Gasteiger partial charge in [0.2, 0.25) is 5.78 Å². The number of Topliss-reactive ketones (excluding diaryl/α,β-unsaturated/α-hetero) is 1. The number of carbonyl (C=O) groups excluding carboxylic acids is 1. The molecule has 0 unspecified atom stereocenters. The molecule has 1 aromatic carbocycles. The summed E-state index contributed by atoms with van der Waals surface area (Å²) < 4.78 is 5.05. The highest BCUT2D eigenvalue weighted by Crippen LogP contribution is 2.18. The van der Waals surface area contributed by atoms with Crippen LogP contribution in [0.15, 0.2) is 18.2 Å².